The van der Waals surface area contributed by atoms with Crippen LogP contribution in [0.5, 0.6) is 0 Å². The van der Waals surface area contributed by atoms with Crippen LogP contribution in [0.3, 0.4) is 0 Å². The Morgan fingerprint density at radius 1 is 1.41 bits per heavy atom. The van der Waals surface area contributed by atoms with Gasteiger partial charge in [-0.1, -0.05) is 26.0 Å². The van der Waals surface area contributed by atoms with Gasteiger partial charge in [0.2, 0.25) is 0 Å². The summed E-state index contributed by atoms with van der Waals surface area (Å²) in [7, 11) is 0. The van der Waals surface area contributed by atoms with Crippen molar-refractivity contribution in [2.45, 2.75) is 25.9 Å². The van der Waals surface area contributed by atoms with Crippen LogP contribution in [0, 0.1) is 5.92 Å². The van der Waals surface area contributed by atoms with E-state index >= 15 is 0 Å². The molecule has 2 aromatic rings. The third kappa shape index (κ3) is 2.48. The Balaban J connectivity index is 2.29. The number of thiazole rings is 1. The number of rotatable bonds is 4. The highest BCUT2D eigenvalue weighted by Gasteiger charge is 2.33. The fourth-order valence-electron chi connectivity index (χ4n) is 1.76. The van der Waals surface area contributed by atoms with Gasteiger partial charge in [-0.05, 0) is 18.1 Å². The van der Waals surface area contributed by atoms with Crippen molar-refractivity contribution >= 4 is 21.6 Å². The largest absolute Gasteiger partial charge is 0.328 e. The molecule has 2 rings (SSSR count). The van der Waals surface area contributed by atoms with E-state index in [9.17, 15) is 4.39 Å². The van der Waals surface area contributed by atoms with Crippen molar-refractivity contribution in [3.8, 4) is 0 Å². The lowest BCUT2D eigenvalue weighted by Gasteiger charge is -2.26. The lowest BCUT2D eigenvalue weighted by Crippen LogP contribution is -2.40. The minimum Gasteiger partial charge on any atom is -0.328 e. The second kappa shape index (κ2) is 4.70. The molecule has 4 heteroatoms. The molecule has 1 atom stereocenters. The highest BCUT2D eigenvalue weighted by atomic mass is 32.1. The number of nitrogens with zero attached hydrogens (tertiary/aromatic N) is 1. The zero-order valence-electron chi connectivity index (χ0n) is 10.1. The van der Waals surface area contributed by atoms with E-state index in [1.54, 1.807) is 11.3 Å². The van der Waals surface area contributed by atoms with Crippen molar-refractivity contribution in [3.63, 3.8) is 0 Å². The first-order valence-electron chi connectivity index (χ1n) is 5.78. The lowest BCUT2D eigenvalue weighted by molar-refractivity contribution is 0.110. The zero-order chi connectivity index (χ0) is 12.5. The average Bonchev–Trinajstić information content (AvgIpc) is 2.70. The van der Waals surface area contributed by atoms with Crippen LogP contribution in [-0.2, 0) is 6.42 Å². The minimum atomic E-state index is -1.35. The van der Waals surface area contributed by atoms with Gasteiger partial charge in [0.05, 0.1) is 15.2 Å². The number of nitrogens with two attached hydrogens (primary N) is 1. The standard InChI is InChI=1S/C13H17FN2S/c1-9(2)13(14,8-15)7-12-16-10-5-3-4-6-11(10)17-12/h3-6,9H,7-8,15H2,1-2H3. The molecule has 1 heterocycles. The number of halogens is 1. The van der Waals surface area contributed by atoms with E-state index in [2.05, 4.69) is 4.98 Å². The third-order valence-electron chi connectivity index (χ3n) is 3.16. The summed E-state index contributed by atoms with van der Waals surface area (Å²) in [6, 6.07) is 7.87. The molecule has 1 unspecified atom stereocenters. The summed E-state index contributed by atoms with van der Waals surface area (Å²) in [6.45, 7) is 3.76. The van der Waals surface area contributed by atoms with Gasteiger partial charge in [-0.25, -0.2) is 9.37 Å². The molecule has 0 aliphatic carbocycles. The third-order valence-corrected chi connectivity index (χ3v) is 4.19. The Bertz CT molecular complexity index is 476. The fourth-order valence-corrected chi connectivity index (χ4v) is 2.83. The van der Waals surface area contributed by atoms with Crippen LogP contribution in [0.1, 0.15) is 18.9 Å². The normalized spacial score (nSPS) is 15.4. The Morgan fingerprint density at radius 3 is 2.71 bits per heavy atom. The predicted octanol–water partition coefficient (Wildman–Crippen LogP) is 3.16. The monoisotopic (exact) mass is 252 g/mol. The lowest BCUT2D eigenvalue weighted by atomic mass is 9.89. The molecule has 2 N–H and O–H groups in total. The van der Waals surface area contributed by atoms with Gasteiger partial charge < -0.3 is 5.73 Å². The summed E-state index contributed by atoms with van der Waals surface area (Å²) in [5, 5.41) is 0.827. The van der Waals surface area contributed by atoms with E-state index in [-0.39, 0.29) is 12.5 Å². The van der Waals surface area contributed by atoms with Crippen molar-refractivity contribution in [1.29, 1.82) is 0 Å². The van der Waals surface area contributed by atoms with E-state index < -0.39 is 5.67 Å². The SMILES string of the molecule is CC(C)C(F)(CN)Cc1nc2ccccc2s1. The maximum Gasteiger partial charge on any atom is 0.131 e. The number of fused-ring (bicyclic) bond motifs is 1. The molecule has 17 heavy (non-hydrogen) atoms. The van der Waals surface area contributed by atoms with Crippen LogP contribution in [0.15, 0.2) is 24.3 Å². The molecule has 0 aliphatic rings. The first-order chi connectivity index (χ1) is 8.05. The number of benzene rings is 1. The molecule has 0 spiro atoms. The van der Waals surface area contributed by atoms with Crippen LogP contribution in [0.25, 0.3) is 10.2 Å². The van der Waals surface area contributed by atoms with Crippen molar-refractivity contribution in [1.82, 2.24) is 4.98 Å². The van der Waals surface area contributed by atoms with Crippen LogP contribution >= 0.6 is 11.3 Å². The molecular weight excluding hydrogens is 235 g/mol. The van der Waals surface area contributed by atoms with Crippen molar-refractivity contribution in [2.75, 3.05) is 6.54 Å². The zero-order valence-corrected chi connectivity index (χ0v) is 10.9. The molecule has 92 valence electrons. The molecule has 1 aromatic carbocycles. The van der Waals surface area contributed by atoms with Gasteiger partial charge in [0.15, 0.2) is 0 Å². The average molecular weight is 252 g/mol. The Hall–Kier alpha value is -1.00. The van der Waals surface area contributed by atoms with E-state index in [0.717, 1.165) is 15.2 Å². The van der Waals surface area contributed by atoms with Gasteiger partial charge in [0.1, 0.15) is 5.67 Å². The van der Waals surface area contributed by atoms with E-state index in [0.29, 0.717) is 6.42 Å². The van der Waals surface area contributed by atoms with Gasteiger partial charge in [-0.15, -0.1) is 11.3 Å². The van der Waals surface area contributed by atoms with E-state index in [4.69, 9.17) is 5.73 Å². The second-order valence-electron chi connectivity index (χ2n) is 4.65. The van der Waals surface area contributed by atoms with E-state index in [1.807, 2.05) is 38.1 Å². The number of hydrogen-bond donors (Lipinski definition) is 1. The molecule has 0 amide bonds. The van der Waals surface area contributed by atoms with Crippen LogP contribution in [0.2, 0.25) is 0 Å². The number of alkyl halides is 1. The van der Waals surface area contributed by atoms with Gasteiger partial charge in [-0.3, -0.25) is 0 Å². The van der Waals surface area contributed by atoms with Crippen LogP contribution in [0.4, 0.5) is 4.39 Å². The maximum atomic E-state index is 14.5. The Kier molecular flexibility index (Phi) is 3.45. The van der Waals surface area contributed by atoms with Crippen molar-refractivity contribution < 1.29 is 4.39 Å². The molecule has 0 saturated carbocycles. The molecule has 1 aromatic heterocycles. The molecule has 0 saturated heterocycles. The Morgan fingerprint density at radius 2 is 2.12 bits per heavy atom. The maximum absolute atomic E-state index is 14.5. The van der Waals surface area contributed by atoms with Gasteiger partial charge >= 0.3 is 0 Å². The predicted molar refractivity (Wildman–Crippen MR) is 71.1 cm³/mol. The fraction of sp³-hybridized carbons (Fsp3) is 0.462. The molecule has 0 aliphatic heterocycles. The quantitative estimate of drug-likeness (QED) is 0.907. The topological polar surface area (TPSA) is 38.9 Å². The van der Waals surface area contributed by atoms with Gasteiger partial charge in [-0.2, -0.15) is 0 Å². The van der Waals surface area contributed by atoms with E-state index in [1.165, 1.54) is 0 Å². The molecular formula is C13H17FN2S. The van der Waals surface area contributed by atoms with Crippen LogP contribution < -0.4 is 5.73 Å². The first kappa shape index (κ1) is 12.5. The molecule has 2 nitrogen and oxygen atoms in total. The highest BCUT2D eigenvalue weighted by molar-refractivity contribution is 7.18. The summed E-state index contributed by atoms with van der Waals surface area (Å²) in [5.41, 5.74) is 5.14. The summed E-state index contributed by atoms with van der Waals surface area (Å²) in [5.74, 6) is -0.0977. The summed E-state index contributed by atoms with van der Waals surface area (Å²) < 4.78 is 15.6. The van der Waals surface area contributed by atoms with Gasteiger partial charge in [0.25, 0.3) is 0 Å². The van der Waals surface area contributed by atoms with Crippen LogP contribution in [-0.4, -0.2) is 17.2 Å². The smallest absolute Gasteiger partial charge is 0.131 e. The summed E-state index contributed by atoms with van der Waals surface area (Å²) in [6.07, 6.45) is 0.306. The highest BCUT2D eigenvalue weighted by Crippen LogP contribution is 2.30. The van der Waals surface area contributed by atoms with Crippen molar-refractivity contribution in [3.05, 3.63) is 29.3 Å². The van der Waals surface area contributed by atoms with Crippen molar-refractivity contribution in [2.24, 2.45) is 11.7 Å². The summed E-state index contributed by atoms with van der Waals surface area (Å²) >= 11 is 1.55. The molecule has 0 bridgehead atoms. The summed E-state index contributed by atoms with van der Waals surface area (Å²) in [4.78, 5) is 4.45. The minimum absolute atomic E-state index is 0.0423. The first-order valence-corrected chi connectivity index (χ1v) is 6.60. The number of para-hydroxylation sites is 1. The number of hydrogen-bond acceptors (Lipinski definition) is 3. The molecule has 0 radical (unpaired) electrons. The Labute approximate surface area is 105 Å². The second-order valence-corrected chi connectivity index (χ2v) is 5.76. The molecule has 0 fully saturated rings. The number of aromatic nitrogens is 1. The van der Waals surface area contributed by atoms with Gasteiger partial charge in [0, 0.05) is 13.0 Å².